The minimum absolute atomic E-state index is 0.239. The van der Waals surface area contributed by atoms with Crippen molar-refractivity contribution in [2.24, 2.45) is 0 Å². The van der Waals surface area contributed by atoms with E-state index < -0.39 is 18.1 Å². The molecular formula is C19H19NO4S. The maximum atomic E-state index is 11.8. The summed E-state index contributed by atoms with van der Waals surface area (Å²) in [7, 11) is 0. The van der Waals surface area contributed by atoms with Crippen LogP contribution in [0.4, 0.5) is 4.79 Å². The highest BCUT2D eigenvalue weighted by Crippen LogP contribution is 2.15. The van der Waals surface area contributed by atoms with Gasteiger partial charge in [-0.3, -0.25) is 0 Å². The average Bonchev–Trinajstić information content (AvgIpc) is 2.62. The van der Waals surface area contributed by atoms with E-state index in [4.69, 9.17) is 4.74 Å². The number of amides is 1. The largest absolute Gasteiger partial charge is 0.480 e. The number of ether oxygens (including phenoxy) is 1. The molecule has 0 aliphatic rings. The Kier molecular flexibility index (Phi) is 7.10. The van der Waals surface area contributed by atoms with E-state index >= 15 is 0 Å². The number of thioether (sulfide) groups is 1. The van der Waals surface area contributed by atoms with Crippen molar-refractivity contribution < 1.29 is 19.4 Å². The molecule has 0 aromatic heterocycles. The summed E-state index contributed by atoms with van der Waals surface area (Å²) in [6.07, 6.45) is 0.981. The average molecular weight is 357 g/mol. The third-order valence-corrected chi connectivity index (χ3v) is 4.42. The van der Waals surface area contributed by atoms with Gasteiger partial charge in [-0.15, -0.1) is 0 Å². The molecule has 0 saturated heterocycles. The van der Waals surface area contributed by atoms with Crippen LogP contribution in [0.25, 0.3) is 6.08 Å². The molecule has 2 aromatic carbocycles. The number of carbonyl (C=O) groups excluding carboxylic acids is 1. The van der Waals surface area contributed by atoms with Gasteiger partial charge < -0.3 is 15.2 Å². The lowest BCUT2D eigenvalue weighted by molar-refractivity contribution is -0.138. The number of hydrogen-bond donors (Lipinski definition) is 2. The highest BCUT2D eigenvalue weighted by atomic mass is 32.2. The molecule has 2 N–H and O–H groups in total. The number of benzene rings is 2. The minimum Gasteiger partial charge on any atom is -0.480 e. The Balaban J connectivity index is 1.82. The maximum Gasteiger partial charge on any atom is 0.413 e. The second-order valence-corrected chi connectivity index (χ2v) is 6.23. The van der Waals surface area contributed by atoms with Crippen LogP contribution in [0.5, 0.6) is 5.75 Å². The molecule has 0 fully saturated rings. The molecule has 0 radical (unpaired) electrons. The summed E-state index contributed by atoms with van der Waals surface area (Å²) in [5.41, 5.74) is 2.11. The van der Waals surface area contributed by atoms with Crippen LogP contribution < -0.4 is 10.1 Å². The van der Waals surface area contributed by atoms with Crippen molar-refractivity contribution in [2.45, 2.75) is 11.8 Å². The fourth-order valence-corrected chi connectivity index (χ4v) is 2.99. The van der Waals surface area contributed by atoms with Crippen LogP contribution in [0.2, 0.25) is 0 Å². The summed E-state index contributed by atoms with van der Waals surface area (Å²) in [5, 5.41) is 11.6. The number of para-hydroxylation sites is 1. The first-order valence-corrected chi connectivity index (χ1v) is 8.79. The van der Waals surface area contributed by atoms with E-state index in [1.165, 1.54) is 11.8 Å². The van der Waals surface area contributed by atoms with Crippen LogP contribution in [-0.2, 0) is 10.5 Å². The Morgan fingerprint density at radius 2 is 1.84 bits per heavy atom. The fraction of sp³-hybridized carbons (Fsp3) is 0.158. The molecule has 1 amide bonds. The van der Waals surface area contributed by atoms with Crippen molar-refractivity contribution >= 4 is 29.9 Å². The summed E-state index contributed by atoms with van der Waals surface area (Å²) in [5.74, 6) is 0.151. The van der Waals surface area contributed by atoms with E-state index in [-0.39, 0.29) is 5.75 Å². The molecule has 2 aromatic rings. The highest BCUT2D eigenvalue weighted by molar-refractivity contribution is 7.98. The van der Waals surface area contributed by atoms with Gasteiger partial charge in [0.15, 0.2) is 0 Å². The van der Waals surface area contributed by atoms with E-state index in [0.717, 1.165) is 11.1 Å². The van der Waals surface area contributed by atoms with Crippen LogP contribution >= 0.6 is 11.8 Å². The van der Waals surface area contributed by atoms with Crippen molar-refractivity contribution in [1.29, 1.82) is 0 Å². The van der Waals surface area contributed by atoms with Crippen LogP contribution in [0.3, 0.4) is 0 Å². The zero-order valence-corrected chi connectivity index (χ0v) is 14.4. The van der Waals surface area contributed by atoms with Crippen molar-refractivity contribution in [3.05, 3.63) is 72.3 Å². The Bertz CT molecular complexity index is 716. The SMILES string of the molecule is C=Cc1ccc(CSC[C@H](NC(=O)Oc2ccccc2)C(=O)O)cc1. The molecular weight excluding hydrogens is 338 g/mol. The summed E-state index contributed by atoms with van der Waals surface area (Å²) in [6, 6.07) is 15.3. The van der Waals surface area contributed by atoms with Crippen LogP contribution in [-0.4, -0.2) is 29.0 Å². The van der Waals surface area contributed by atoms with Crippen LogP contribution in [0.1, 0.15) is 11.1 Å². The predicted molar refractivity (Wildman–Crippen MR) is 99.7 cm³/mol. The lowest BCUT2D eigenvalue weighted by Crippen LogP contribution is -2.43. The summed E-state index contributed by atoms with van der Waals surface area (Å²) >= 11 is 1.43. The molecule has 25 heavy (non-hydrogen) atoms. The van der Waals surface area contributed by atoms with Crippen LogP contribution in [0.15, 0.2) is 61.2 Å². The van der Waals surface area contributed by atoms with Gasteiger partial charge in [0.2, 0.25) is 0 Å². The normalized spacial score (nSPS) is 11.4. The Hall–Kier alpha value is -2.73. The minimum atomic E-state index is -1.10. The quantitative estimate of drug-likeness (QED) is 0.751. The molecule has 0 aliphatic heterocycles. The predicted octanol–water partition coefficient (Wildman–Crippen LogP) is 3.80. The standard InChI is InChI=1S/C19H19NO4S/c1-2-14-8-10-15(11-9-14)12-25-13-17(18(21)22)20-19(23)24-16-6-4-3-5-7-16/h2-11,17H,1,12-13H2,(H,20,23)(H,21,22)/t17-/m0/s1. The van der Waals surface area contributed by atoms with E-state index in [1.807, 2.05) is 24.3 Å². The molecule has 0 unspecified atom stereocenters. The van der Waals surface area contributed by atoms with Gasteiger partial charge in [0.05, 0.1) is 0 Å². The second-order valence-electron chi connectivity index (χ2n) is 5.20. The van der Waals surface area contributed by atoms with Crippen molar-refractivity contribution in [1.82, 2.24) is 5.32 Å². The number of hydrogen-bond acceptors (Lipinski definition) is 4. The lowest BCUT2D eigenvalue weighted by Gasteiger charge is -2.14. The molecule has 1 atom stereocenters. The van der Waals surface area contributed by atoms with Gasteiger partial charge in [0.1, 0.15) is 11.8 Å². The molecule has 0 heterocycles. The molecule has 5 nitrogen and oxygen atoms in total. The Morgan fingerprint density at radius 1 is 1.16 bits per heavy atom. The molecule has 6 heteroatoms. The van der Waals surface area contributed by atoms with Gasteiger partial charge in [0, 0.05) is 11.5 Å². The summed E-state index contributed by atoms with van der Waals surface area (Å²) in [6.45, 7) is 3.70. The van der Waals surface area contributed by atoms with Crippen molar-refractivity contribution in [3.63, 3.8) is 0 Å². The smallest absolute Gasteiger partial charge is 0.413 e. The number of carboxylic acids is 1. The molecule has 0 spiro atoms. The highest BCUT2D eigenvalue weighted by Gasteiger charge is 2.21. The molecule has 2 rings (SSSR count). The van der Waals surface area contributed by atoms with Crippen LogP contribution in [0, 0.1) is 0 Å². The van der Waals surface area contributed by atoms with E-state index in [9.17, 15) is 14.7 Å². The zero-order valence-electron chi connectivity index (χ0n) is 13.6. The Morgan fingerprint density at radius 3 is 2.44 bits per heavy atom. The first kappa shape index (κ1) is 18.6. The zero-order chi connectivity index (χ0) is 18.1. The van der Waals surface area contributed by atoms with E-state index in [2.05, 4.69) is 11.9 Å². The molecule has 0 bridgehead atoms. The summed E-state index contributed by atoms with van der Waals surface area (Å²) < 4.78 is 5.05. The lowest BCUT2D eigenvalue weighted by atomic mass is 10.1. The summed E-state index contributed by atoms with van der Waals surface area (Å²) in [4.78, 5) is 23.1. The number of nitrogens with one attached hydrogen (secondary N) is 1. The van der Waals surface area contributed by atoms with Gasteiger partial charge >= 0.3 is 12.1 Å². The van der Waals surface area contributed by atoms with Gasteiger partial charge in [-0.1, -0.05) is 55.1 Å². The third kappa shape index (κ3) is 6.35. The van der Waals surface area contributed by atoms with E-state index in [1.54, 1.807) is 36.4 Å². The van der Waals surface area contributed by atoms with Gasteiger partial charge in [-0.05, 0) is 23.3 Å². The van der Waals surface area contributed by atoms with Gasteiger partial charge in [0.25, 0.3) is 0 Å². The number of carboxylic acid groups (broad SMARTS) is 1. The first-order valence-electron chi connectivity index (χ1n) is 7.64. The Labute approximate surface area is 150 Å². The van der Waals surface area contributed by atoms with Crippen molar-refractivity contribution in [2.75, 3.05) is 5.75 Å². The second kappa shape index (κ2) is 9.54. The van der Waals surface area contributed by atoms with E-state index in [0.29, 0.717) is 11.5 Å². The topological polar surface area (TPSA) is 75.6 Å². The number of aliphatic carboxylic acids is 1. The number of carbonyl (C=O) groups is 2. The monoisotopic (exact) mass is 357 g/mol. The van der Waals surface area contributed by atoms with Gasteiger partial charge in [-0.25, -0.2) is 9.59 Å². The first-order chi connectivity index (χ1) is 12.1. The van der Waals surface area contributed by atoms with Crippen molar-refractivity contribution in [3.8, 4) is 5.75 Å². The molecule has 0 saturated carbocycles. The molecule has 0 aliphatic carbocycles. The third-order valence-electron chi connectivity index (χ3n) is 3.31. The number of rotatable bonds is 8. The molecule has 130 valence electrons. The van der Waals surface area contributed by atoms with Gasteiger partial charge in [-0.2, -0.15) is 11.8 Å². The maximum absolute atomic E-state index is 11.8. The fourth-order valence-electron chi connectivity index (χ4n) is 1.99.